The Morgan fingerprint density at radius 3 is 2.66 bits per heavy atom. The molecule has 35 heavy (non-hydrogen) atoms. The molecule has 182 valence electrons. The van der Waals surface area contributed by atoms with Gasteiger partial charge in [-0.3, -0.25) is 9.69 Å². The maximum atomic E-state index is 13.1. The Balaban J connectivity index is 1.55. The lowest BCUT2D eigenvalue weighted by molar-refractivity contribution is -0.120. The highest BCUT2D eigenvalue weighted by Gasteiger charge is 2.55. The number of amides is 3. The van der Waals surface area contributed by atoms with Crippen LogP contribution >= 0.6 is 0 Å². The van der Waals surface area contributed by atoms with E-state index in [2.05, 4.69) is 22.0 Å². The number of carbonyl (C=O) groups excluding carboxylic acids is 3. The van der Waals surface area contributed by atoms with E-state index in [1.54, 1.807) is 0 Å². The number of hydrogen-bond donors (Lipinski definition) is 3. The van der Waals surface area contributed by atoms with E-state index < -0.39 is 23.0 Å². The van der Waals surface area contributed by atoms with Gasteiger partial charge in [0.25, 0.3) is 0 Å². The standard InChI is InChI=1S/C27H31N5O3/c1-19(2)12-26(18-33,31-25(35)29-15-20-8-4-3-5-9-20)16-32-17-27(13-21(32)14-28)22-10-6-7-11-23(22)30-24(27)34/h3-11,18-19,21H,12-13,15-17H2,1-2H3,(H,30,34)(H2,29,31,35)/t21-,26+,27-/m0/s1. The molecule has 0 saturated carbocycles. The molecule has 1 fully saturated rings. The van der Waals surface area contributed by atoms with Gasteiger partial charge >= 0.3 is 6.03 Å². The molecule has 1 saturated heterocycles. The van der Waals surface area contributed by atoms with Gasteiger partial charge < -0.3 is 20.7 Å². The largest absolute Gasteiger partial charge is 0.334 e. The van der Waals surface area contributed by atoms with Crippen LogP contribution in [0.4, 0.5) is 10.5 Å². The first kappa shape index (κ1) is 24.4. The SMILES string of the molecule is CC(C)C[C@](C=O)(CN1C[C@]2(C[C@H]1C#N)C(=O)Nc1ccccc12)NC(=O)NCc1ccccc1. The summed E-state index contributed by atoms with van der Waals surface area (Å²) >= 11 is 0. The zero-order chi connectivity index (χ0) is 25.1. The Morgan fingerprint density at radius 1 is 1.26 bits per heavy atom. The number of hydrogen-bond acceptors (Lipinski definition) is 5. The highest BCUT2D eigenvalue weighted by Crippen LogP contribution is 2.46. The van der Waals surface area contributed by atoms with Gasteiger partial charge in [0, 0.05) is 25.3 Å². The maximum absolute atomic E-state index is 13.1. The van der Waals surface area contributed by atoms with E-state index >= 15 is 0 Å². The number of nitrogens with one attached hydrogen (secondary N) is 3. The van der Waals surface area contributed by atoms with Gasteiger partial charge in [0.15, 0.2) is 0 Å². The van der Waals surface area contributed by atoms with Crippen molar-refractivity contribution in [2.45, 2.75) is 50.2 Å². The molecule has 0 aliphatic carbocycles. The topological polar surface area (TPSA) is 114 Å². The summed E-state index contributed by atoms with van der Waals surface area (Å²) in [6.45, 7) is 4.73. The molecule has 0 bridgehead atoms. The van der Waals surface area contributed by atoms with Crippen molar-refractivity contribution < 1.29 is 14.4 Å². The molecule has 8 heteroatoms. The highest BCUT2D eigenvalue weighted by atomic mass is 16.2. The predicted octanol–water partition coefficient (Wildman–Crippen LogP) is 2.96. The Hall–Kier alpha value is -3.70. The zero-order valence-corrected chi connectivity index (χ0v) is 20.1. The van der Waals surface area contributed by atoms with Crippen LogP contribution in [0.3, 0.4) is 0 Å². The van der Waals surface area contributed by atoms with Crippen molar-refractivity contribution in [3.8, 4) is 6.07 Å². The van der Waals surface area contributed by atoms with Crippen molar-refractivity contribution in [1.29, 1.82) is 5.26 Å². The van der Waals surface area contributed by atoms with E-state index in [1.165, 1.54) is 0 Å². The molecule has 2 heterocycles. The van der Waals surface area contributed by atoms with Crippen LogP contribution in [0.1, 0.15) is 37.8 Å². The van der Waals surface area contributed by atoms with Gasteiger partial charge in [-0.1, -0.05) is 62.4 Å². The Bertz CT molecular complexity index is 1150. The molecule has 2 aromatic rings. The molecular weight excluding hydrogens is 442 g/mol. The molecule has 0 aromatic heterocycles. The lowest BCUT2D eigenvalue weighted by Crippen LogP contribution is -2.60. The molecule has 0 radical (unpaired) electrons. The molecule has 3 N–H and O–H groups in total. The summed E-state index contributed by atoms with van der Waals surface area (Å²) in [6, 6.07) is 18.3. The lowest BCUT2D eigenvalue weighted by atomic mass is 9.80. The maximum Gasteiger partial charge on any atom is 0.315 e. The molecular formula is C27H31N5O3. The highest BCUT2D eigenvalue weighted by molar-refractivity contribution is 6.06. The fourth-order valence-corrected chi connectivity index (χ4v) is 5.42. The second-order valence-corrected chi connectivity index (χ2v) is 10.0. The van der Waals surface area contributed by atoms with Crippen LogP contribution in [0, 0.1) is 17.2 Å². The molecule has 3 amide bonds. The molecule has 0 unspecified atom stereocenters. The summed E-state index contributed by atoms with van der Waals surface area (Å²) in [4.78, 5) is 40.3. The van der Waals surface area contributed by atoms with Gasteiger partial charge in [-0.2, -0.15) is 5.26 Å². The van der Waals surface area contributed by atoms with Gasteiger partial charge in [0.1, 0.15) is 11.8 Å². The molecule has 2 aromatic carbocycles. The van der Waals surface area contributed by atoms with Crippen LogP contribution in [0.2, 0.25) is 0 Å². The second-order valence-electron chi connectivity index (χ2n) is 10.0. The number of likely N-dealkylation sites (tertiary alicyclic amines) is 1. The third-order valence-corrected chi connectivity index (χ3v) is 6.87. The minimum absolute atomic E-state index is 0.113. The third kappa shape index (κ3) is 4.91. The molecule has 2 aliphatic heterocycles. The van der Waals surface area contributed by atoms with Crippen LogP contribution in [-0.4, -0.2) is 47.8 Å². The predicted molar refractivity (Wildman–Crippen MR) is 132 cm³/mol. The van der Waals surface area contributed by atoms with Crippen molar-refractivity contribution in [1.82, 2.24) is 15.5 Å². The molecule has 1 spiro atoms. The first-order valence-corrected chi connectivity index (χ1v) is 11.9. The Morgan fingerprint density at radius 2 is 1.97 bits per heavy atom. The number of para-hydroxylation sites is 1. The fraction of sp³-hybridized carbons (Fsp3) is 0.407. The number of urea groups is 1. The monoisotopic (exact) mass is 473 g/mol. The van der Waals surface area contributed by atoms with Crippen LogP contribution < -0.4 is 16.0 Å². The van der Waals surface area contributed by atoms with Crippen LogP contribution in [0.5, 0.6) is 0 Å². The fourth-order valence-electron chi connectivity index (χ4n) is 5.42. The van der Waals surface area contributed by atoms with Crippen molar-refractivity contribution in [3.63, 3.8) is 0 Å². The van der Waals surface area contributed by atoms with Gasteiger partial charge in [-0.25, -0.2) is 4.79 Å². The Kier molecular flexibility index (Phi) is 6.90. The van der Waals surface area contributed by atoms with Crippen LogP contribution in [-0.2, 0) is 21.5 Å². The van der Waals surface area contributed by atoms with Crippen molar-refractivity contribution in [2.24, 2.45) is 5.92 Å². The van der Waals surface area contributed by atoms with E-state index in [0.717, 1.165) is 23.1 Å². The average molecular weight is 474 g/mol. The number of fused-ring (bicyclic) bond motifs is 2. The number of benzene rings is 2. The number of rotatable bonds is 8. The van der Waals surface area contributed by atoms with Crippen LogP contribution in [0.15, 0.2) is 54.6 Å². The number of anilines is 1. The van der Waals surface area contributed by atoms with E-state index in [-0.39, 0.29) is 18.4 Å². The quantitative estimate of drug-likeness (QED) is 0.510. The molecule has 8 nitrogen and oxygen atoms in total. The summed E-state index contributed by atoms with van der Waals surface area (Å²) in [5, 5.41) is 18.6. The lowest BCUT2D eigenvalue weighted by Gasteiger charge is -2.36. The first-order chi connectivity index (χ1) is 16.8. The summed E-state index contributed by atoms with van der Waals surface area (Å²) in [5.74, 6) is -0.0159. The van der Waals surface area contributed by atoms with Gasteiger partial charge in [0.2, 0.25) is 5.91 Å². The van der Waals surface area contributed by atoms with Gasteiger partial charge in [0.05, 0.1) is 17.5 Å². The summed E-state index contributed by atoms with van der Waals surface area (Å²) in [5.41, 5.74) is 0.531. The smallest absolute Gasteiger partial charge is 0.315 e. The van der Waals surface area contributed by atoms with Gasteiger partial charge in [-0.05, 0) is 36.0 Å². The third-order valence-electron chi connectivity index (χ3n) is 6.87. The molecule has 4 rings (SSSR count). The van der Waals surface area contributed by atoms with E-state index in [0.29, 0.717) is 25.9 Å². The number of nitrogens with zero attached hydrogens (tertiary/aromatic N) is 2. The normalized spacial score (nSPS) is 22.8. The average Bonchev–Trinajstić information content (AvgIpc) is 3.35. The first-order valence-electron chi connectivity index (χ1n) is 11.9. The minimum Gasteiger partial charge on any atom is -0.334 e. The summed E-state index contributed by atoms with van der Waals surface area (Å²) < 4.78 is 0. The number of nitriles is 1. The summed E-state index contributed by atoms with van der Waals surface area (Å²) in [6.07, 6.45) is 1.51. The minimum atomic E-state index is -1.20. The van der Waals surface area contributed by atoms with Crippen LogP contribution in [0.25, 0.3) is 0 Å². The number of aldehydes is 1. The van der Waals surface area contributed by atoms with E-state index in [9.17, 15) is 19.6 Å². The van der Waals surface area contributed by atoms with Crippen molar-refractivity contribution in [3.05, 3.63) is 65.7 Å². The second kappa shape index (κ2) is 9.88. The van der Waals surface area contributed by atoms with Crippen molar-refractivity contribution >= 4 is 23.9 Å². The molecule has 2 aliphatic rings. The Labute approximate surface area is 205 Å². The van der Waals surface area contributed by atoms with E-state index in [1.807, 2.05) is 73.3 Å². The van der Waals surface area contributed by atoms with Crippen molar-refractivity contribution in [2.75, 3.05) is 18.4 Å². The van der Waals surface area contributed by atoms with Gasteiger partial charge in [-0.15, -0.1) is 0 Å². The molecule has 3 atom stereocenters. The number of carbonyl (C=O) groups is 3. The zero-order valence-electron chi connectivity index (χ0n) is 20.1. The summed E-state index contributed by atoms with van der Waals surface area (Å²) in [7, 11) is 0. The van der Waals surface area contributed by atoms with E-state index in [4.69, 9.17) is 0 Å².